The number of hydrogen-bond acceptors (Lipinski definition) is 4. The molecule has 0 aromatic heterocycles. The monoisotopic (exact) mass is 277 g/mol. The molecule has 20 heavy (non-hydrogen) atoms. The van der Waals surface area contributed by atoms with Gasteiger partial charge in [-0.05, 0) is 30.5 Å². The molecule has 1 heterocycles. The molecule has 0 bridgehead atoms. The molecule has 0 spiro atoms. The lowest BCUT2D eigenvalue weighted by Gasteiger charge is -2.29. The number of fused-ring (bicyclic) bond motifs is 1. The molecule has 1 aliphatic rings. The van der Waals surface area contributed by atoms with Crippen molar-refractivity contribution in [2.45, 2.75) is 25.8 Å². The molecule has 108 valence electrons. The number of rotatable bonds is 4. The van der Waals surface area contributed by atoms with Gasteiger partial charge in [-0.3, -0.25) is 0 Å². The van der Waals surface area contributed by atoms with E-state index in [9.17, 15) is 4.79 Å². The van der Waals surface area contributed by atoms with Crippen LogP contribution in [0.25, 0.3) is 5.70 Å². The van der Waals surface area contributed by atoms with Crippen molar-refractivity contribution in [2.24, 2.45) is 0 Å². The zero-order valence-electron chi connectivity index (χ0n) is 11.9. The van der Waals surface area contributed by atoms with Crippen molar-refractivity contribution >= 4 is 11.7 Å². The highest BCUT2D eigenvalue weighted by Gasteiger charge is 2.23. The van der Waals surface area contributed by atoms with E-state index in [-0.39, 0.29) is 6.04 Å². The summed E-state index contributed by atoms with van der Waals surface area (Å²) in [6.07, 6.45) is 2.96. The van der Waals surface area contributed by atoms with Gasteiger partial charge in [-0.25, -0.2) is 4.79 Å². The number of carbonyl (C=O) groups is 1. The Labute approximate surface area is 118 Å². The van der Waals surface area contributed by atoms with Crippen LogP contribution in [0.4, 0.5) is 0 Å². The summed E-state index contributed by atoms with van der Waals surface area (Å²) in [5.74, 6) is 0.293. The fraction of sp³-hybridized carbons (Fsp3) is 0.400. The molecule has 0 saturated heterocycles. The highest BCUT2D eigenvalue weighted by molar-refractivity contribution is 5.90. The van der Waals surface area contributed by atoms with E-state index in [2.05, 4.69) is 12.2 Å². The summed E-state index contributed by atoms with van der Waals surface area (Å²) in [5.41, 5.74) is 2.54. The average Bonchev–Trinajstić information content (AvgIpc) is 2.44. The SMILES string of the molecule is CCC1Cc2cc(OC)c(OC)cc2C(=CC(=O)O)N1. The van der Waals surface area contributed by atoms with Gasteiger partial charge >= 0.3 is 5.97 Å². The molecule has 0 radical (unpaired) electrons. The van der Waals surface area contributed by atoms with Crippen LogP contribution >= 0.6 is 0 Å². The summed E-state index contributed by atoms with van der Waals surface area (Å²) in [6.45, 7) is 2.07. The van der Waals surface area contributed by atoms with Crippen molar-refractivity contribution in [3.05, 3.63) is 29.3 Å². The highest BCUT2D eigenvalue weighted by atomic mass is 16.5. The van der Waals surface area contributed by atoms with Gasteiger partial charge in [0.05, 0.1) is 14.2 Å². The zero-order valence-corrected chi connectivity index (χ0v) is 11.9. The molecule has 2 rings (SSSR count). The standard InChI is InChI=1S/C15H19NO4/c1-4-10-5-9-6-13(19-2)14(20-3)7-11(9)12(16-10)8-15(17)18/h6-8,10,16H,4-5H2,1-3H3,(H,17,18). The van der Waals surface area contributed by atoms with Crippen LogP contribution in [-0.4, -0.2) is 31.3 Å². The highest BCUT2D eigenvalue weighted by Crippen LogP contribution is 2.36. The van der Waals surface area contributed by atoms with E-state index in [0.29, 0.717) is 17.2 Å². The first kappa shape index (κ1) is 14.2. The van der Waals surface area contributed by atoms with Gasteiger partial charge in [0.15, 0.2) is 11.5 Å². The van der Waals surface area contributed by atoms with E-state index in [1.54, 1.807) is 14.2 Å². The molecule has 0 saturated carbocycles. The quantitative estimate of drug-likeness (QED) is 0.824. The molecule has 1 aromatic rings. The Morgan fingerprint density at radius 2 is 2.05 bits per heavy atom. The van der Waals surface area contributed by atoms with Crippen molar-refractivity contribution in [1.82, 2.24) is 5.32 Å². The summed E-state index contributed by atoms with van der Waals surface area (Å²) in [5, 5.41) is 12.3. The molecule has 5 heteroatoms. The van der Waals surface area contributed by atoms with Gasteiger partial charge in [0.1, 0.15) is 0 Å². The van der Waals surface area contributed by atoms with Crippen molar-refractivity contribution in [3.63, 3.8) is 0 Å². The second kappa shape index (κ2) is 5.86. The average molecular weight is 277 g/mol. The van der Waals surface area contributed by atoms with Crippen molar-refractivity contribution in [3.8, 4) is 11.5 Å². The van der Waals surface area contributed by atoms with Gasteiger partial charge in [-0.15, -0.1) is 0 Å². The van der Waals surface area contributed by atoms with Gasteiger partial charge < -0.3 is 19.9 Å². The van der Waals surface area contributed by atoms with E-state index < -0.39 is 5.97 Å². The minimum Gasteiger partial charge on any atom is -0.493 e. The molecule has 0 amide bonds. The maximum Gasteiger partial charge on any atom is 0.330 e. The fourth-order valence-electron chi connectivity index (χ4n) is 2.44. The molecule has 1 unspecified atom stereocenters. The summed E-state index contributed by atoms with van der Waals surface area (Å²) in [6, 6.07) is 3.97. The lowest BCUT2D eigenvalue weighted by molar-refractivity contribution is -0.131. The summed E-state index contributed by atoms with van der Waals surface area (Å²) in [4.78, 5) is 11.0. The van der Waals surface area contributed by atoms with Gasteiger partial charge in [-0.2, -0.15) is 0 Å². The molecule has 1 aliphatic heterocycles. The zero-order chi connectivity index (χ0) is 14.7. The lowest BCUT2D eigenvalue weighted by Crippen LogP contribution is -2.34. The number of methoxy groups -OCH3 is 2. The van der Waals surface area contributed by atoms with Crippen LogP contribution in [0.1, 0.15) is 24.5 Å². The topological polar surface area (TPSA) is 67.8 Å². The number of hydrogen-bond donors (Lipinski definition) is 2. The van der Waals surface area contributed by atoms with Gasteiger partial charge in [0.25, 0.3) is 0 Å². The second-order valence-corrected chi connectivity index (χ2v) is 4.71. The van der Waals surface area contributed by atoms with Gasteiger partial charge in [0, 0.05) is 23.4 Å². The molecule has 1 atom stereocenters. The summed E-state index contributed by atoms with van der Waals surface area (Å²) < 4.78 is 10.6. The van der Waals surface area contributed by atoms with Crippen LogP contribution in [0, 0.1) is 0 Å². The van der Waals surface area contributed by atoms with E-state index >= 15 is 0 Å². The first-order chi connectivity index (χ1) is 9.58. The Morgan fingerprint density at radius 1 is 1.40 bits per heavy atom. The first-order valence-electron chi connectivity index (χ1n) is 6.55. The van der Waals surface area contributed by atoms with E-state index in [4.69, 9.17) is 14.6 Å². The van der Waals surface area contributed by atoms with E-state index in [1.165, 1.54) is 6.08 Å². The maximum atomic E-state index is 11.0. The van der Waals surface area contributed by atoms with Crippen LogP contribution < -0.4 is 14.8 Å². The van der Waals surface area contributed by atoms with Crippen LogP contribution in [0.5, 0.6) is 11.5 Å². The third-order valence-corrected chi connectivity index (χ3v) is 3.49. The molecule has 5 nitrogen and oxygen atoms in total. The van der Waals surface area contributed by atoms with Crippen molar-refractivity contribution < 1.29 is 19.4 Å². The van der Waals surface area contributed by atoms with Crippen molar-refractivity contribution in [2.75, 3.05) is 14.2 Å². The minimum atomic E-state index is -0.968. The molecule has 2 N–H and O–H groups in total. The number of carboxylic acid groups (broad SMARTS) is 1. The molecule has 0 fully saturated rings. The van der Waals surface area contributed by atoms with Crippen molar-refractivity contribution in [1.29, 1.82) is 0 Å². The Balaban J connectivity index is 2.55. The number of carboxylic acids is 1. The minimum absolute atomic E-state index is 0.228. The van der Waals surface area contributed by atoms with E-state index in [0.717, 1.165) is 24.0 Å². The Kier molecular flexibility index (Phi) is 4.17. The maximum absolute atomic E-state index is 11.0. The van der Waals surface area contributed by atoms with Crippen LogP contribution in [0.2, 0.25) is 0 Å². The molecular weight excluding hydrogens is 258 g/mol. The third kappa shape index (κ3) is 2.71. The Morgan fingerprint density at radius 3 is 2.60 bits per heavy atom. The summed E-state index contributed by atoms with van der Waals surface area (Å²) in [7, 11) is 3.16. The normalized spacial score (nSPS) is 19.1. The Hall–Kier alpha value is -2.17. The van der Waals surface area contributed by atoms with Gasteiger partial charge in [0.2, 0.25) is 0 Å². The predicted molar refractivity (Wildman–Crippen MR) is 76.1 cm³/mol. The lowest BCUT2D eigenvalue weighted by atomic mass is 9.91. The number of ether oxygens (including phenoxy) is 2. The fourth-order valence-corrected chi connectivity index (χ4v) is 2.44. The largest absolute Gasteiger partial charge is 0.493 e. The molecule has 0 aliphatic carbocycles. The summed E-state index contributed by atoms with van der Waals surface area (Å²) >= 11 is 0. The smallest absolute Gasteiger partial charge is 0.330 e. The predicted octanol–water partition coefficient (Wildman–Crippen LogP) is 2.05. The number of aliphatic carboxylic acids is 1. The van der Waals surface area contributed by atoms with Gasteiger partial charge in [-0.1, -0.05) is 6.92 Å². The molecule has 1 aromatic carbocycles. The third-order valence-electron chi connectivity index (χ3n) is 3.49. The van der Waals surface area contributed by atoms with Crippen LogP contribution in [-0.2, 0) is 11.2 Å². The second-order valence-electron chi connectivity index (χ2n) is 4.71. The first-order valence-corrected chi connectivity index (χ1v) is 6.55. The molecular formula is C15H19NO4. The van der Waals surface area contributed by atoms with Crippen LogP contribution in [0.15, 0.2) is 18.2 Å². The number of nitrogens with one attached hydrogen (secondary N) is 1. The van der Waals surface area contributed by atoms with Crippen LogP contribution in [0.3, 0.4) is 0 Å². The number of benzene rings is 1. The van der Waals surface area contributed by atoms with E-state index in [1.807, 2.05) is 12.1 Å². The Bertz CT molecular complexity index is 551.